The summed E-state index contributed by atoms with van der Waals surface area (Å²) in [4.78, 5) is 6.86. The standard InChI is InChI=1S/C31H35ClFN3.CH4/c1-6-7-27(22(3)31-34-14-17-35(31)5)28-20-29(30(32)18-21(28)2)23(4)36-15-12-25(13-16-36)19-24-8-10-26(33)11-9-24;/h7-11,14,17-18,20,25H,3-4,6,12-13,15-16,19H2,1-2,5H3;1H4/b27-7-;. The van der Waals surface area contributed by atoms with Crippen molar-refractivity contribution >= 4 is 28.4 Å². The highest BCUT2D eigenvalue weighted by Gasteiger charge is 2.23. The fraction of sp³-hybridized carbons (Fsp3) is 0.344. The number of hydrogen-bond donors (Lipinski definition) is 0. The first-order chi connectivity index (χ1) is 17.3. The van der Waals surface area contributed by atoms with E-state index >= 15 is 0 Å². The second kappa shape index (κ2) is 12.4. The van der Waals surface area contributed by atoms with E-state index in [0.29, 0.717) is 10.9 Å². The molecule has 4 rings (SSSR count). The van der Waals surface area contributed by atoms with Crippen LogP contribution in [0.5, 0.6) is 0 Å². The second-order valence-electron chi connectivity index (χ2n) is 9.72. The summed E-state index contributed by atoms with van der Waals surface area (Å²) in [5.74, 6) is 1.26. The minimum Gasteiger partial charge on any atom is -0.371 e. The van der Waals surface area contributed by atoms with Crippen LogP contribution in [0.4, 0.5) is 4.39 Å². The first-order valence-electron chi connectivity index (χ1n) is 12.6. The zero-order chi connectivity index (χ0) is 25.8. The molecule has 196 valence electrons. The molecule has 0 saturated carbocycles. The third kappa shape index (κ3) is 6.42. The molecule has 2 aromatic carbocycles. The van der Waals surface area contributed by atoms with Crippen molar-refractivity contribution in [2.45, 2.75) is 47.0 Å². The van der Waals surface area contributed by atoms with Gasteiger partial charge in [0.05, 0.1) is 5.02 Å². The Balaban J connectivity index is 0.00000380. The van der Waals surface area contributed by atoms with E-state index in [-0.39, 0.29) is 13.2 Å². The summed E-state index contributed by atoms with van der Waals surface area (Å²) in [6, 6.07) is 11.1. The molecule has 1 aliphatic rings. The van der Waals surface area contributed by atoms with Gasteiger partial charge in [-0.1, -0.05) is 57.3 Å². The van der Waals surface area contributed by atoms with Gasteiger partial charge < -0.3 is 9.47 Å². The van der Waals surface area contributed by atoms with E-state index in [1.165, 1.54) is 5.56 Å². The lowest BCUT2D eigenvalue weighted by Crippen LogP contribution is -2.33. The van der Waals surface area contributed by atoms with Crippen LogP contribution >= 0.6 is 11.6 Å². The van der Waals surface area contributed by atoms with Gasteiger partial charge in [-0.15, -0.1) is 0 Å². The summed E-state index contributed by atoms with van der Waals surface area (Å²) in [5, 5.41) is 0.716. The fourth-order valence-corrected chi connectivity index (χ4v) is 5.42. The Labute approximate surface area is 227 Å². The molecule has 1 aliphatic heterocycles. The molecule has 0 bridgehead atoms. The molecule has 3 nitrogen and oxygen atoms in total. The molecule has 1 saturated heterocycles. The van der Waals surface area contributed by atoms with Crippen LogP contribution < -0.4 is 0 Å². The summed E-state index contributed by atoms with van der Waals surface area (Å²) in [6.45, 7) is 14.9. The van der Waals surface area contributed by atoms with Gasteiger partial charge in [0.1, 0.15) is 11.6 Å². The van der Waals surface area contributed by atoms with E-state index in [1.807, 2.05) is 36.0 Å². The number of benzene rings is 2. The quantitative estimate of drug-likeness (QED) is 0.278. The van der Waals surface area contributed by atoms with Crippen molar-refractivity contribution in [2.75, 3.05) is 13.1 Å². The van der Waals surface area contributed by atoms with Gasteiger partial charge in [-0.25, -0.2) is 9.37 Å². The number of piperidine rings is 1. The van der Waals surface area contributed by atoms with Crippen LogP contribution in [0.1, 0.15) is 61.7 Å². The van der Waals surface area contributed by atoms with Gasteiger partial charge in [0.2, 0.25) is 0 Å². The van der Waals surface area contributed by atoms with E-state index in [0.717, 1.165) is 78.1 Å². The molecule has 2 heterocycles. The van der Waals surface area contributed by atoms with Crippen LogP contribution in [0.3, 0.4) is 0 Å². The van der Waals surface area contributed by atoms with Crippen molar-refractivity contribution in [2.24, 2.45) is 13.0 Å². The smallest absolute Gasteiger partial charge is 0.139 e. The van der Waals surface area contributed by atoms with E-state index in [4.69, 9.17) is 11.6 Å². The topological polar surface area (TPSA) is 21.1 Å². The summed E-state index contributed by atoms with van der Waals surface area (Å²) in [7, 11) is 1.98. The Morgan fingerprint density at radius 2 is 1.81 bits per heavy atom. The van der Waals surface area contributed by atoms with Gasteiger partial charge in [-0.05, 0) is 85.1 Å². The van der Waals surface area contributed by atoms with Crippen LogP contribution in [0.15, 0.2) is 68.0 Å². The van der Waals surface area contributed by atoms with Crippen molar-refractivity contribution in [3.8, 4) is 0 Å². The zero-order valence-corrected chi connectivity index (χ0v) is 22.3. The van der Waals surface area contributed by atoms with E-state index in [2.05, 4.69) is 49.0 Å². The molecule has 0 N–H and O–H groups in total. The van der Waals surface area contributed by atoms with Crippen molar-refractivity contribution in [1.29, 1.82) is 0 Å². The number of aryl methyl sites for hydroxylation is 2. The SMILES string of the molecule is C.C=C(/C(=C/CC)c1cc(C(=C)N2CCC(Cc3ccc(F)cc3)CC2)c(Cl)cc1C)c1nccn1C. The van der Waals surface area contributed by atoms with Crippen molar-refractivity contribution in [3.05, 3.63) is 107 Å². The maximum absolute atomic E-state index is 13.2. The third-order valence-electron chi connectivity index (χ3n) is 7.17. The summed E-state index contributed by atoms with van der Waals surface area (Å²) < 4.78 is 15.2. The summed E-state index contributed by atoms with van der Waals surface area (Å²) in [6.07, 6.45) is 9.96. The minimum atomic E-state index is -0.181. The molecule has 1 aromatic heterocycles. The van der Waals surface area contributed by atoms with Crippen LogP contribution in [0.25, 0.3) is 16.8 Å². The molecular formula is C32H39ClFN3. The molecule has 0 unspecified atom stereocenters. The Morgan fingerprint density at radius 3 is 2.41 bits per heavy atom. The predicted molar refractivity (Wildman–Crippen MR) is 157 cm³/mol. The first kappa shape index (κ1) is 28.5. The third-order valence-corrected chi connectivity index (χ3v) is 7.49. The van der Waals surface area contributed by atoms with Crippen LogP contribution in [0.2, 0.25) is 5.02 Å². The zero-order valence-electron chi connectivity index (χ0n) is 21.5. The number of halogens is 2. The molecule has 0 radical (unpaired) electrons. The van der Waals surface area contributed by atoms with Crippen LogP contribution in [0, 0.1) is 18.7 Å². The molecule has 37 heavy (non-hydrogen) atoms. The molecule has 3 aromatic rings. The van der Waals surface area contributed by atoms with E-state index in [9.17, 15) is 4.39 Å². The highest BCUT2D eigenvalue weighted by atomic mass is 35.5. The lowest BCUT2D eigenvalue weighted by Gasteiger charge is -2.35. The highest BCUT2D eigenvalue weighted by molar-refractivity contribution is 6.32. The fourth-order valence-electron chi connectivity index (χ4n) is 5.09. The Kier molecular flexibility index (Phi) is 9.56. The lowest BCUT2D eigenvalue weighted by molar-refractivity contribution is 0.254. The normalized spacial score (nSPS) is 14.4. The second-order valence-corrected chi connectivity index (χ2v) is 10.1. The average molecular weight is 520 g/mol. The minimum absolute atomic E-state index is 0. The first-order valence-corrected chi connectivity index (χ1v) is 13.0. The summed E-state index contributed by atoms with van der Waals surface area (Å²) >= 11 is 6.77. The van der Waals surface area contributed by atoms with Gasteiger partial charge in [0.25, 0.3) is 0 Å². The number of aromatic nitrogens is 2. The number of rotatable bonds is 8. The Morgan fingerprint density at radius 1 is 1.14 bits per heavy atom. The summed E-state index contributed by atoms with van der Waals surface area (Å²) in [5.41, 5.74) is 7.30. The van der Waals surface area contributed by atoms with Crippen LogP contribution in [-0.2, 0) is 13.5 Å². The monoisotopic (exact) mass is 519 g/mol. The van der Waals surface area contributed by atoms with Gasteiger partial charge >= 0.3 is 0 Å². The predicted octanol–water partition coefficient (Wildman–Crippen LogP) is 8.59. The van der Waals surface area contributed by atoms with Crippen molar-refractivity contribution in [1.82, 2.24) is 14.5 Å². The lowest BCUT2D eigenvalue weighted by atomic mass is 9.89. The van der Waals surface area contributed by atoms with E-state index < -0.39 is 0 Å². The Bertz CT molecular complexity index is 1280. The van der Waals surface area contributed by atoms with Crippen LogP contribution in [-0.4, -0.2) is 27.5 Å². The van der Waals surface area contributed by atoms with Gasteiger partial charge in [0.15, 0.2) is 0 Å². The van der Waals surface area contributed by atoms with Crippen molar-refractivity contribution < 1.29 is 4.39 Å². The maximum Gasteiger partial charge on any atom is 0.139 e. The molecule has 1 fully saturated rings. The molecule has 0 amide bonds. The molecule has 0 spiro atoms. The van der Waals surface area contributed by atoms with Gasteiger partial charge in [-0.2, -0.15) is 0 Å². The molecular weight excluding hydrogens is 481 g/mol. The largest absolute Gasteiger partial charge is 0.371 e. The highest BCUT2D eigenvalue weighted by Crippen LogP contribution is 2.37. The molecule has 0 aliphatic carbocycles. The number of imidazole rings is 1. The number of allylic oxidation sites excluding steroid dienone is 3. The van der Waals surface area contributed by atoms with Crippen molar-refractivity contribution in [3.63, 3.8) is 0 Å². The maximum atomic E-state index is 13.2. The Hall–Kier alpha value is -3.11. The molecule has 0 atom stereocenters. The molecule has 5 heteroatoms. The number of hydrogen-bond acceptors (Lipinski definition) is 2. The number of nitrogens with zero attached hydrogens (tertiary/aromatic N) is 3. The number of likely N-dealkylation sites (tertiary alicyclic amines) is 1. The van der Waals surface area contributed by atoms with Gasteiger partial charge in [0, 0.05) is 49.4 Å². The average Bonchev–Trinajstić information content (AvgIpc) is 3.30. The van der Waals surface area contributed by atoms with Gasteiger partial charge in [-0.3, -0.25) is 0 Å². The van der Waals surface area contributed by atoms with E-state index in [1.54, 1.807) is 18.3 Å².